The number of guanidine groups is 1. The Labute approximate surface area is 191 Å². The maximum absolute atomic E-state index is 11.9. The average molecular weight is 518 g/mol. The monoisotopic (exact) mass is 518 g/mol. The van der Waals surface area contributed by atoms with E-state index in [9.17, 15) is 4.79 Å². The highest BCUT2D eigenvalue weighted by Crippen LogP contribution is 2.14. The van der Waals surface area contributed by atoms with E-state index in [4.69, 9.17) is 9.47 Å². The molecule has 0 saturated carbocycles. The summed E-state index contributed by atoms with van der Waals surface area (Å²) in [7, 11) is 5.14. The van der Waals surface area contributed by atoms with Gasteiger partial charge in [-0.2, -0.15) is 0 Å². The van der Waals surface area contributed by atoms with Crippen LogP contribution in [0.1, 0.15) is 31.2 Å². The molecule has 1 fully saturated rings. The summed E-state index contributed by atoms with van der Waals surface area (Å²) in [5.74, 6) is 1.50. The molecule has 0 aliphatic carbocycles. The van der Waals surface area contributed by atoms with Gasteiger partial charge in [-0.3, -0.25) is 4.79 Å². The molecule has 1 aromatic carbocycles. The van der Waals surface area contributed by atoms with Crippen molar-refractivity contribution < 1.29 is 14.3 Å². The molecule has 1 aliphatic rings. The third kappa shape index (κ3) is 10.2. The molecule has 2 rings (SSSR count). The minimum Gasteiger partial charge on any atom is -0.497 e. The molecule has 1 heterocycles. The van der Waals surface area contributed by atoms with Crippen molar-refractivity contribution in [3.8, 4) is 5.75 Å². The molecule has 1 saturated heterocycles. The zero-order valence-electron chi connectivity index (χ0n) is 17.8. The number of hydrogen-bond acceptors (Lipinski definition) is 4. The number of benzene rings is 1. The lowest BCUT2D eigenvalue weighted by molar-refractivity contribution is -0.127. The average Bonchev–Trinajstić information content (AvgIpc) is 2.72. The van der Waals surface area contributed by atoms with Gasteiger partial charge in [0, 0.05) is 33.8 Å². The van der Waals surface area contributed by atoms with Gasteiger partial charge < -0.3 is 25.0 Å². The van der Waals surface area contributed by atoms with Crippen LogP contribution < -0.4 is 15.4 Å². The number of nitrogens with one attached hydrogen (secondary N) is 2. The smallest absolute Gasteiger partial charge is 0.243 e. The van der Waals surface area contributed by atoms with E-state index in [1.165, 1.54) is 12.0 Å². The molecule has 1 unspecified atom stereocenters. The molecular formula is C21H35IN4O3. The van der Waals surface area contributed by atoms with Crippen LogP contribution in [0.5, 0.6) is 5.75 Å². The van der Waals surface area contributed by atoms with Gasteiger partial charge in [-0.05, 0) is 49.8 Å². The molecule has 1 aliphatic heterocycles. The van der Waals surface area contributed by atoms with Crippen LogP contribution in [0.15, 0.2) is 29.3 Å². The minimum atomic E-state index is -0.0214. The highest BCUT2D eigenvalue weighted by molar-refractivity contribution is 14.0. The van der Waals surface area contributed by atoms with E-state index in [0.29, 0.717) is 12.1 Å². The summed E-state index contributed by atoms with van der Waals surface area (Å²) in [4.78, 5) is 17.8. The van der Waals surface area contributed by atoms with Crippen molar-refractivity contribution in [2.75, 3.05) is 47.4 Å². The summed E-state index contributed by atoms with van der Waals surface area (Å²) in [6, 6.07) is 8.03. The molecule has 164 valence electrons. The van der Waals surface area contributed by atoms with Gasteiger partial charge in [-0.1, -0.05) is 12.1 Å². The summed E-state index contributed by atoms with van der Waals surface area (Å²) in [6.45, 7) is 2.50. The van der Waals surface area contributed by atoms with Crippen LogP contribution in [-0.2, 0) is 16.0 Å². The number of aliphatic imine (C=N–C) groups is 1. The van der Waals surface area contributed by atoms with Gasteiger partial charge in [-0.15, -0.1) is 24.0 Å². The van der Waals surface area contributed by atoms with Crippen molar-refractivity contribution in [3.05, 3.63) is 29.8 Å². The van der Waals surface area contributed by atoms with Gasteiger partial charge >= 0.3 is 0 Å². The largest absolute Gasteiger partial charge is 0.497 e. The Bertz CT molecular complexity index is 617. The highest BCUT2D eigenvalue weighted by Gasteiger charge is 2.13. The van der Waals surface area contributed by atoms with Crippen LogP contribution in [0.3, 0.4) is 0 Å². The lowest BCUT2D eigenvalue weighted by atomic mass is 10.1. The van der Waals surface area contributed by atoms with E-state index in [2.05, 4.69) is 27.8 Å². The lowest BCUT2D eigenvalue weighted by Crippen LogP contribution is -2.41. The summed E-state index contributed by atoms with van der Waals surface area (Å²) < 4.78 is 11.0. The molecule has 29 heavy (non-hydrogen) atoms. The SMILES string of the molecule is COc1ccc(CCNC(=NCC(=O)N(C)C)NCCC2CCCCO2)cc1.I. The molecule has 2 N–H and O–H groups in total. The third-order valence-electron chi connectivity index (χ3n) is 4.77. The number of hydrogen-bond donors (Lipinski definition) is 2. The standard InChI is InChI=1S/C21H34N4O3.HI/c1-25(2)20(26)16-24-21(23-14-12-19-6-4-5-15-28-19)22-13-11-17-7-9-18(27-3)10-8-17;/h7-10,19H,4-6,11-16H2,1-3H3,(H2,22,23,24);1H. The molecule has 7 nitrogen and oxygen atoms in total. The number of halogens is 1. The molecule has 8 heteroatoms. The van der Waals surface area contributed by atoms with E-state index < -0.39 is 0 Å². The van der Waals surface area contributed by atoms with Crippen LogP contribution in [0.2, 0.25) is 0 Å². The number of nitrogens with zero attached hydrogens (tertiary/aromatic N) is 2. The lowest BCUT2D eigenvalue weighted by Gasteiger charge is -2.23. The first-order chi connectivity index (χ1) is 13.6. The molecule has 1 aromatic rings. The molecule has 1 atom stereocenters. The van der Waals surface area contributed by atoms with E-state index >= 15 is 0 Å². The van der Waals surface area contributed by atoms with Crippen molar-refractivity contribution in [2.24, 2.45) is 4.99 Å². The molecule has 0 aromatic heterocycles. The van der Waals surface area contributed by atoms with E-state index in [1.54, 1.807) is 26.1 Å². The van der Waals surface area contributed by atoms with E-state index in [0.717, 1.165) is 51.1 Å². The van der Waals surface area contributed by atoms with Crippen LogP contribution in [0.25, 0.3) is 0 Å². The number of methoxy groups -OCH3 is 1. The number of amides is 1. The fourth-order valence-corrected chi connectivity index (χ4v) is 2.97. The zero-order valence-corrected chi connectivity index (χ0v) is 20.1. The second-order valence-electron chi connectivity index (χ2n) is 7.18. The van der Waals surface area contributed by atoms with Crippen molar-refractivity contribution in [1.82, 2.24) is 15.5 Å². The second kappa shape index (κ2) is 14.4. The van der Waals surface area contributed by atoms with Crippen LogP contribution >= 0.6 is 24.0 Å². The summed E-state index contributed by atoms with van der Waals surface area (Å²) in [6.07, 6.45) is 5.65. The van der Waals surface area contributed by atoms with Crippen LogP contribution in [0, 0.1) is 0 Å². The Morgan fingerprint density at radius 2 is 1.93 bits per heavy atom. The Morgan fingerprint density at radius 1 is 1.21 bits per heavy atom. The Hall–Kier alpha value is -1.55. The first-order valence-electron chi connectivity index (χ1n) is 10.1. The topological polar surface area (TPSA) is 75.2 Å². The van der Waals surface area contributed by atoms with Crippen LogP contribution in [0.4, 0.5) is 0 Å². The number of rotatable bonds is 9. The Balaban J connectivity index is 0.00000420. The Morgan fingerprint density at radius 3 is 2.55 bits per heavy atom. The van der Waals surface area contributed by atoms with Gasteiger partial charge in [0.15, 0.2) is 5.96 Å². The first kappa shape index (κ1) is 25.5. The zero-order chi connectivity index (χ0) is 20.2. The fourth-order valence-electron chi connectivity index (χ4n) is 2.97. The minimum absolute atomic E-state index is 0. The summed E-state index contributed by atoms with van der Waals surface area (Å²) in [5.41, 5.74) is 1.22. The molecule has 1 amide bonds. The van der Waals surface area contributed by atoms with Gasteiger partial charge in [-0.25, -0.2) is 4.99 Å². The second-order valence-corrected chi connectivity index (χ2v) is 7.18. The number of carbonyl (C=O) groups is 1. The van der Waals surface area contributed by atoms with E-state index in [1.807, 2.05) is 12.1 Å². The Kier molecular flexibility index (Phi) is 12.7. The van der Waals surface area contributed by atoms with Crippen molar-refractivity contribution in [1.29, 1.82) is 0 Å². The maximum atomic E-state index is 11.9. The summed E-state index contributed by atoms with van der Waals surface area (Å²) in [5, 5.41) is 6.66. The van der Waals surface area contributed by atoms with Gasteiger partial charge in [0.2, 0.25) is 5.91 Å². The quantitative estimate of drug-likeness (QED) is 0.299. The summed E-state index contributed by atoms with van der Waals surface area (Å²) >= 11 is 0. The van der Waals surface area contributed by atoms with E-state index in [-0.39, 0.29) is 36.4 Å². The third-order valence-corrected chi connectivity index (χ3v) is 4.77. The molecule has 0 radical (unpaired) electrons. The van der Waals surface area contributed by atoms with Gasteiger partial charge in [0.05, 0.1) is 13.2 Å². The van der Waals surface area contributed by atoms with Gasteiger partial charge in [0.25, 0.3) is 0 Å². The highest BCUT2D eigenvalue weighted by atomic mass is 127. The number of ether oxygens (including phenoxy) is 2. The van der Waals surface area contributed by atoms with Crippen LogP contribution in [-0.4, -0.2) is 70.3 Å². The number of carbonyl (C=O) groups excluding carboxylic acids is 1. The predicted octanol–water partition coefficient (Wildman–Crippen LogP) is 2.44. The first-order valence-corrected chi connectivity index (χ1v) is 10.1. The molecular weight excluding hydrogens is 483 g/mol. The molecule has 0 bridgehead atoms. The van der Waals surface area contributed by atoms with Crippen molar-refractivity contribution in [3.63, 3.8) is 0 Å². The molecule has 0 spiro atoms. The van der Waals surface area contributed by atoms with Gasteiger partial charge in [0.1, 0.15) is 12.3 Å². The number of likely N-dealkylation sites (N-methyl/N-ethyl adjacent to an activating group) is 1. The predicted molar refractivity (Wildman–Crippen MR) is 127 cm³/mol. The maximum Gasteiger partial charge on any atom is 0.243 e. The van der Waals surface area contributed by atoms with Crippen molar-refractivity contribution in [2.45, 2.75) is 38.2 Å². The normalized spacial score (nSPS) is 16.5. The van der Waals surface area contributed by atoms with Crippen molar-refractivity contribution >= 4 is 35.8 Å². The fraction of sp³-hybridized carbons (Fsp3) is 0.619.